The Morgan fingerprint density at radius 1 is 0.343 bits per heavy atom. The first-order chi connectivity index (χ1) is 33.3. The lowest BCUT2D eigenvalue weighted by atomic mass is 9.66. The quantitative estimate of drug-likeness (QED) is 0.167. The second-order valence-corrected chi connectivity index (χ2v) is 17.5. The van der Waals surface area contributed by atoms with Crippen molar-refractivity contribution in [3.05, 3.63) is 265 Å². The molecule has 2 heterocycles. The molecule has 1 aliphatic carbocycles. The van der Waals surface area contributed by atoms with Crippen molar-refractivity contribution in [3.63, 3.8) is 0 Å². The molecule has 0 N–H and O–H groups in total. The van der Waals surface area contributed by atoms with Gasteiger partial charge in [-0.15, -0.1) is 0 Å². The molecule has 0 fully saturated rings. The van der Waals surface area contributed by atoms with E-state index in [4.69, 9.17) is 9.15 Å². The summed E-state index contributed by atoms with van der Waals surface area (Å²) in [6.07, 6.45) is 0. The maximum Gasteiger partial charge on any atom is 0.160 e. The molecule has 314 valence electrons. The molecule has 4 nitrogen and oxygen atoms in total. The smallest absolute Gasteiger partial charge is 0.160 e. The van der Waals surface area contributed by atoms with Gasteiger partial charge in [0.2, 0.25) is 0 Å². The third kappa shape index (κ3) is 5.41. The third-order valence-corrected chi connectivity index (χ3v) is 14.0. The van der Waals surface area contributed by atoms with E-state index in [-0.39, 0.29) is 0 Å². The Kier molecular flexibility index (Phi) is 8.16. The van der Waals surface area contributed by atoms with Crippen LogP contribution in [0.1, 0.15) is 22.3 Å². The maximum atomic E-state index is 7.35. The summed E-state index contributed by atoms with van der Waals surface area (Å²) in [7, 11) is 0. The Morgan fingerprint density at radius 3 is 1.54 bits per heavy atom. The highest BCUT2D eigenvalue weighted by Crippen LogP contribution is 2.62. The van der Waals surface area contributed by atoms with Gasteiger partial charge in [0.05, 0.1) is 16.8 Å². The van der Waals surface area contributed by atoms with Crippen LogP contribution < -0.4 is 14.5 Å². The molecular weight excluding hydrogens is 817 g/mol. The number of ether oxygens (including phenoxy) is 1. The normalized spacial score (nSPS) is 13.0. The Labute approximate surface area is 387 Å². The number of hydrogen-bond donors (Lipinski definition) is 0. The zero-order valence-corrected chi connectivity index (χ0v) is 36.3. The van der Waals surface area contributed by atoms with Gasteiger partial charge in [0.1, 0.15) is 17.1 Å². The molecule has 1 spiro atoms. The summed E-state index contributed by atoms with van der Waals surface area (Å²) in [5.41, 5.74) is 14.5. The molecule has 67 heavy (non-hydrogen) atoms. The van der Waals surface area contributed by atoms with Crippen LogP contribution in [0, 0.1) is 0 Å². The Balaban J connectivity index is 1.03. The fourth-order valence-corrected chi connectivity index (χ4v) is 11.4. The highest BCUT2D eigenvalue weighted by atomic mass is 16.5. The summed E-state index contributed by atoms with van der Waals surface area (Å²) in [6, 6.07) is 87.0. The average Bonchev–Trinajstić information content (AvgIpc) is 3.91. The zero-order chi connectivity index (χ0) is 44.1. The molecule has 1 aliphatic heterocycles. The van der Waals surface area contributed by atoms with Crippen molar-refractivity contribution in [3.8, 4) is 22.6 Å². The number of benzene rings is 11. The summed E-state index contributed by atoms with van der Waals surface area (Å²) < 4.78 is 14.4. The molecule has 0 atom stereocenters. The molecule has 0 bridgehead atoms. The predicted octanol–water partition coefficient (Wildman–Crippen LogP) is 17.3. The number of anilines is 6. The first-order valence-corrected chi connectivity index (χ1v) is 22.9. The van der Waals surface area contributed by atoms with Crippen molar-refractivity contribution in [2.45, 2.75) is 5.41 Å². The fraction of sp³-hybridized carbons (Fsp3) is 0.0159. The van der Waals surface area contributed by atoms with Crippen LogP contribution in [0.5, 0.6) is 11.5 Å². The SMILES string of the molecule is c1ccc(N(c2ccc3c(c2)Oc2ccccc2C32c3ccccc3-c3ccccc32)c2cc3oc4c(N(c5ccccc5)c5ccccc5)c5ccccc5cc4c3c3ccccc23)cc1. The molecule has 2 aliphatic rings. The second-order valence-electron chi connectivity index (χ2n) is 17.5. The summed E-state index contributed by atoms with van der Waals surface area (Å²) >= 11 is 0. The first-order valence-electron chi connectivity index (χ1n) is 22.9. The number of hydrogen-bond acceptors (Lipinski definition) is 4. The van der Waals surface area contributed by atoms with E-state index in [1.165, 1.54) is 22.3 Å². The average molecular weight is 857 g/mol. The van der Waals surface area contributed by atoms with Crippen LogP contribution in [0.25, 0.3) is 54.6 Å². The van der Waals surface area contributed by atoms with Crippen LogP contribution in [0.4, 0.5) is 34.1 Å². The van der Waals surface area contributed by atoms with E-state index in [0.717, 1.165) is 100 Å². The van der Waals surface area contributed by atoms with Gasteiger partial charge in [-0.1, -0.05) is 176 Å². The van der Waals surface area contributed by atoms with Crippen LogP contribution in [0.2, 0.25) is 0 Å². The van der Waals surface area contributed by atoms with E-state index in [0.29, 0.717) is 0 Å². The largest absolute Gasteiger partial charge is 0.457 e. The lowest BCUT2D eigenvalue weighted by molar-refractivity contribution is 0.436. The van der Waals surface area contributed by atoms with E-state index in [1.54, 1.807) is 0 Å². The summed E-state index contributed by atoms with van der Waals surface area (Å²) in [4.78, 5) is 4.70. The topological polar surface area (TPSA) is 28.9 Å². The lowest BCUT2D eigenvalue weighted by Crippen LogP contribution is -2.32. The number of furan rings is 1. The zero-order valence-electron chi connectivity index (χ0n) is 36.3. The number of rotatable bonds is 6. The minimum absolute atomic E-state index is 0.554. The van der Waals surface area contributed by atoms with E-state index in [9.17, 15) is 0 Å². The Morgan fingerprint density at radius 2 is 0.866 bits per heavy atom. The van der Waals surface area contributed by atoms with Gasteiger partial charge >= 0.3 is 0 Å². The van der Waals surface area contributed by atoms with Crippen LogP contribution in [0.3, 0.4) is 0 Å². The monoisotopic (exact) mass is 856 g/mol. The van der Waals surface area contributed by atoms with E-state index < -0.39 is 5.41 Å². The maximum absolute atomic E-state index is 7.35. The summed E-state index contributed by atoms with van der Waals surface area (Å²) in [5.74, 6) is 1.69. The predicted molar refractivity (Wildman–Crippen MR) is 275 cm³/mol. The molecule has 0 saturated carbocycles. The second kappa shape index (κ2) is 14.6. The third-order valence-electron chi connectivity index (χ3n) is 14.0. The standard InChI is InChI=1S/C63H40N2O2/c1-4-21-42(22-5-1)64(45-36-37-55-58(39-45)66-57-35-19-18-34-54(57)63(55)52-32-16-14-28-47(52)48-29-15-17-33-53(48)63)56-40-59-60(50-31-13-12-30-49(50)56)51-38-41-20-10-11-27-46(41)61(62(51)67-59)65(43-23-6-2-7-24-43)44-25-8-3-9-26-44/h1-40H. The molecule has 14 rings (SSSR count). The van der Waals surface area contributed by atoms with Crippen molar-refractivity contribution in [2.75, 3.05) is 9.80 Å². The van der Waals surface area contributed by atoms with Gasteiger partial charge in [0.25, 0.3) is 0 Å². The Bertz CT molecular complexity index is 3830. The van der Waals surface area contributed by atoms with Gasteiger partial charge in [-0.3, -0.25) is 0 Å². The summed E-state index contributed by atoms with van der Waals surface area (Å²) in [5, 5.41) is 6.63. The molecule has 1 aromatic heterocycles. The van der Waals surface area contributed by atoms with Crippen molar-refractivity contribution in [1.82, 2.24) is 0 Å². The van der Waals surface area contributed by atoms with E-state index in [2.05, 4.69) is 252 Å². The van der Waals surface area contributed by atoms with Crippen molar-refractivity contribution >= 4 is 77.6 Å². The highest BCUT2D eigenvalue weighted by molar-refractivity contribution is 6.27. The van der Waals surface area contributed by atoms with Crippen LogP contribution in [0.15, 0.2) is 247 Å². The number of para-hydroxylation sites is 4. The van der Waals surface area contributed by atoms with Crippen LogP contribution in [-0.4, -0.2) is 0 Å². The first kappa shape index (κ1) is 37.5. The molecule has 12 aromatic rings. The van der Waals surface area contributed by atoms with Gasteiger partial charge < -0.3 is 19.0 Å². The lowest BCUT2D eigenvalue weighted by Gasteiger charge is -2.40. The number of fused-ring (bicyclic) bond motifs is 15. The van der Waals surface area contributed by atoms with Crippen molar-refractivity contribution in [2.24, 2.45) is 0 Å². The van der Waals surface area contributed by atoms with Crippen LogP contribution in [-0.2, 0) is 5.41 Å². The fourth-order valence-electron chi connectivity index (χ4n) is 11.4. The minimum Gasteiger partial charge on any atom is -0.457 e. The van der Waals surface area contributed by atoms with Gasteiger partial charge in [-0.05, 0) is 87.6 Å². The molecule has 0 saturated heterocycles. The molecule has 0 radical (unpaired) electrons. The number of nitrogens with zero attached hydrogens (tertiary/aromatic N) is 2. The van der Waals surface area contributed by atoms with Crippen LogP contribution >= 0.6 is 0 Å². The molecule has 11 aromatic carbocycles. The summed E-state index contributed by atoms with van der Waals surface area (Å²) in [6.45, 7) is 0. The van der Waals surface area contributed by atoms with Gasteiger partial charge in [-0.25, -0.2) is 0 Å². The van der Waals surface area contributed by atoms with Crippen molar-refractivity contribution in [1.29, 1.82) is 0 Å². The van der Waals surface area contributed by atoms with Gasteiger partial charge in [-0.2, -0.15) is 0 Å². The molecular formula is C63H40N2O2. The highest BCUT2D eigenvalue weighted by Gasteiger charge is 2.51. The van der Waals surface area contributed by atoms with Gasteiger partial charge in [0.15, 0.2) is 5.58 Å². The van der Waals surface area contributed by atoms with E-state index >= 15 is 0 Å². The minimum atomic E-state index is -0.554. The molecule has 0 unspecified atom stereocenters. The molecule has 0 amide bonds. The Hall–Kier alpha value is -8.86. The van der Waals surface area contributed by atoms with Crippen molar-refractivity contribution < 1.29 is 9.15 Å². The van der Waals surface area contributed by atoms with Gasteiger partial charge in [0, 0.05) is 67.6 Å². The molecule has 4 heteroatoms. The van der Waals surface area contributed by atoms with E-state index in [1.807, 2.05) is 0 Å².